The van der Waals surface area contributed by atoms with Crippen molar-refractivity contribution in [3.05, 3.63) is 38.8 Å². The van der Waals surface area contributed by atoms with Gasteiger partial charge in [-0.2, -0.15) is 0 Å². The average molecular weight is 389 g/mol. The van der Waals surface area contributed by atoms with Crippen LogP contribution in [-0.2, 0) is 6.54 Å². The zero-order valence-corrected chi connectivity index (χ0v) is 12.9. The van der Waals surface area contributed by atoms with Gasteiger partial charge >= 0.3 is 0 Å². The number of nitrogen functional groups attached to an aromatic ring is 1. The number of nitrogens with zero attached hydrogens (tertiary/aromatic N) is 2. The Morgan fingerprint density at radius 2 is 2.26 bits per heavy atom. The number of hydrogen-bond acceptors (Lipinski definition) is 3. The Kier molecular flexibility index (Phi) is 4.11. The molecule has 0 aromatic carbocycles. The predicted molar refractivity (Wildman–Crippen MR) is 80.4 cm³/mol. The second kappa shape index (κ2) is 5.62. The first kappa shape index (κ1) is 13.9. The zero-order chi connectivity index (χ0) is 14.0. The molecule has 0 atom stereocenters. The number of aromatic nitrogens is 3. The van der Waals surface area contributed by atoms with Crippen LogP contribution in [0.2, 0.25) is 0 Å². The van der Waals surface area contributed by atoms with Gasteiger partial charge in [-0.3, -0.25) is 4.79 Å². The Morgan fingerprint density at radius 1 is 1.53 bits per heavy atom. The quantitative estimate of drug-likeness (QED) is 0.747. The number of hydrogen-bond donors (Lipinski definition) is 3. The highest BCUT2D eigenvalue weighted by atomic mass is 79.9. The van der Waals surface area contributed by atoms with E-state index in [1.165, 1.54) is 0 Å². The summed E-state index contributed by atoms with van der Waals surface area (Å²) in [6, 6.07) is 1.67. The second-order valence-corrected chi connectivity index (χ2v) is 5.36. The summed E-state index contributed by atoms with van der Waals surface area (Å²) in [7, 11) is 0. The maximum absolute atomic E-state index is 11.3. The first-order valence-electron chi connectivity index (χ1n) is 5.31. The van der Waals surface area contributed by atoms with Crippen LogP contribution in [-0.4, -0.2) is 20.4 Å². The number of imidazole rings is 1. The number of allylic oxidation sites excluding steroid dienone is 1. The van der Waals surface area contributed by atoms with E-state index in [1.54, 1.807) is 22.9 Å². The Balaban J connectivity index is 2.19. The van der Waals surface area contributed by atoms with Gasteiger partial charge in [0.2, 0.25) is 0 Å². The Labute approximate surface area is 126 Å². The summed E-state index contributed by atoms with van der Waals surface area (Å²) in [6.07, 6.45) is 5.36. The number of primary amides is 1. The maximum Gasteiger partial charge on any atom is 0.265 e. The Bertz CT molecular complexity index is 644. The molecule has 0 saturated carbocycles. The third kappa shape index (κ3) is 3.07. The molecule has 0 unspecified atom stereocenters. The van der Waals surface area contributed by atoms with E-state index < -0.39 is 5.91 Å². The summed E-state index contributed by atoms with van der Waals surface area (Å²) < 4.78 is 3.28. The van der Waals surface area contributed by atoms with Crippen molar-refractivity contribution in [3.63, 3.8) is 0 Å². The van der Waals surface area contributed by atoms with E-state index in [0.717, 1.165) is 14.8 Å². The number of carbonyl (C=O) groups excluding carboxylic acids is 1. The molecule has 0 saturated heterocycles. The molecule has 0 fully saturated rings. The molecule has 19 heavy (non-hydrogen) atoms. The van der Waals surface area contributed by atoms with Gasteiger partial charge < -0.3 is 21.0 Å². The van der Waals surface area contributed by atoms with Crippen LogP contribution < -0.4 is 11.5 Å². The van der Waals surface area contributed by atoms with E-state index in [2.05, 4.69) is 41.8 Å². The second-order valence-electron chi connectivity index (χ2n) is 3.76. The van der Waals surface area contributed by atoms with Crippen molar-refractivity contribution in [2.24, 2.45) is 5.73 Å². The van der Waals surface area contributed by atoms with Crippen LogP contribution in [0.25, 0.3) is 6.08 Å². The summed E-state index contributed by atoms with van der Waals surface area (Å²) in [4.78, 5) is 18.1. The minimum Gasteiger partial charge on any atom is -0.369 e. The van der Waals surface area contributed by atoms with E-state index in [-0.39, 0.29) is 0 Å². The minimum atomic E-state index is -0.483. The van der Waals surface area contributed by atoms with E-state index >= 15 is 0 Å². The van der Waals surface area contributed by atoms with Crippen LogP contribution in [0.5, 0.6) is 0 Å². The Hall–Kier alpha value is -1.54. The third-order valence-electron chi connectivity index (χ3n) is 2.43. The Morgan fingerprint density at radius 3 is 2.84 bits per heavy atom. The highest BCUT2D eigenvalue weighted by Crippen LogP contribution is 2.27. The number of halogens is 2. The molecule has 2 rings (SSSR count). The summed E-state index contributed by atoms with van der Waals surface area (Å²) >= 11 is 6.73. The summed E-state index contributed by atoms with van der Waals surface area (Å²) in [5, 5.41) is 0. The average Bonchev–Trinajstić information content (AvgIpc) is 2.87. The number of amides is 1. The van der Waals surface area contributed by atoms with Gasteiger partial charge in [0.25, 0.3) is 5.91 Å². The fraction of sp³-hybridized carbons (Fsp3) is 0.0909. The van der Waals surface area contributed by atoms with Gasteiger partial charge in [0.05, 0.1) is 14.8 Å². The first-order chi connectivity index (χ1) is 8.99. The zero-order valence-electron chi connectivity index (χ0n) is 9.73. The lowest BCUT2D eigenvalue weighted by Crippen LogP contribution is -2.16. The fourth-order valence-electron chi connectivity index (χ4n) is 1.59. The topological polar surface area (TPSA) is 103 Å². The van der Waals surface area contributed by atoms with E-state index in [1.807, 2.05) is 6.08 Å². The van der Waals surface area contributed by atoms with Crippen molar-refractivity contribution in [1.29, 1.82) is 0 Å². The van der Waals surface area contributed by atoms with E-state index in [4.69, 9.17) is 11.5 Å². The maximum atomic E-state index is 11.3. The lowest BCUT2D eigenvalue weighted by Gasteiger charge is -2.04. The molecule has 5 N–H and O–H groups in total. The molecule has 2 aromatic heterocycles. The van der Waals surface area contributed by atoms with Crippen molar-refractivity contribution >= 4 is 49.8 Å². The van der Waals surface area contributed by atoms with Gasteiger partial charge in [0.1, 0.15) is 5.69 Å². The standard InChI is InChI=1S/C11H11Br2N5O/c12-7-4-8(10(14)19)18(9(7)13)3-1-2-6-5-16-11(15)17-6/h1-2,4-5H,3H2,(H2,14,19)(H3,15,16,17). The van der Waals surface area contributed by atoms with Crippen LogP contribution in [0.15, 0.2) is 27.4 Å². The molecule has 0 aliphatic heterocycles. The number of H-pyrrole nitrogens is 1. The number of aromatic amines is 1. The molecule has 2 heterocycles. The van der Waals surface area contributed by atoms with E-state index in [9.17, 15) is 4.79 Å². The molecule has 0 aliphatic rings. The molecule has 0 spiro atoms. The monoisotopic (exact) mass is 387 g/mol. The minimum absolute atomic E-state index is 0.363. The summed E-state index contributed by atoms with van der Waals surface area (Å²) in [6.45, 7) is 0.483. The number of nitrogens with two attached hydrogens (primary N) is 2. The third-order valence-corrected chi connectivity index (χ3v) is 4.43. The molecule has 0 bridgehead atoms. The molecule has 0 aliphatic carbocycles. The van der Waals surface area contributed by atoms with Crippen molar-refractivity contribution in [1.82, 2.24) is 14.5 Å². The van der Waals surface area contributed by atoms with Crippen molar-refractivity contribution in [2.45, 2.75) is 6.54 Å². The fourth-order valence-corrected chi connectivity index (χ4v) is 2.47. The normalized spacial score (nSPS) is 11.3. The van der Waals surface area contributed by atoms with Gasteiger partial charge in [0, 0.05) is 12.7 Å². The highest BCUT2D eigenvalue weighted by Gasteiger charge is 2.14. The van der Waals surface area contributed by atoms with Crippen molar-refractivity contribution < 1.29 is 4.79 Å². The molecular weight excluding hydrogens is 378 g/mol. The number of carbonyl (C=O) groups is 1. The van der Waals surface area contributed by atoms with E-state index in [0.29, 0.717) is 18.2 Å². The largest absolute Gasteiger partial charge is 0.369 e. The van der Waals surface area contributed by atoms with Crippen LogP contribution in [0.1, 0.15) is 16.2 Å². The lowest BCUT2D eigenvalue weighted by atomic mass is 10.4. The van der Waals surface area contributed by atoms with Gasteiger partial charge in [-0.1, -0.05) is 6.08 Å². The van der Waals surface area contributed by atoms with Crippen LogP contribution >= 0.6 is 31.9 Å². The molecule has 8 heteroatoms. The molecule has 2 aromatic rings. The van der Waals surface area contributed by atoms with Crippen LogP contribution in [0, 0.1) is 0 Å². The van der Waals surface area contributed by atoms with Crippen molar-refractivity contribution in [3.8, 4) is 0 Å². The molecule has 100 valence electrons. The highest BCUT2D eigenvalue weighted by molar-refractivity contribution is 9.13. The van der Waals surface area contributed by atoms with Gasteiger partial charge in [-0.25, -0.2) is 4.98 Å². The predicted octanol–water partition coefficient (Wildman–Crippen LogP) is 2.13. The van der Waals surface area contributed by atoms with Crippen LogP contribution in [0.4, 0.5) is 5.95 Å². The van der Waals surface area contributed by atoms with Gasteiger partial charge in [-0.15, -0.1) is 0 Å². The number of anilines is 1. The van der Waals surface area contributed by atoms with Gasteiger partial charge in [-0.05, 0) is 44.0 Å². The molecule has 6 nitrogen and oxygen atoms in total. The molecule has 0 radical (unpaired) electrons. The number of nitrogens with one attached hydrogen (secondary N) is 1. The lowest BCUT2D eigenvalue weighted by molar-refractivity contribution is 0.0992. The smallest absolute Gasteiger partial charge is 0.265 e. The summed E-state index contributed by atoms with van der Waals surface area (Å²) in [5.41, 5.74) is 11.9. The van der Waals surface area contributed by atoms with Crippen molar-refractivity contribution in [2.75, 3.05) is 5.73 Å². The molecule has 1 amide bonds. The van der Waals surface area contributed by atoms with Crippen LogP contribution in [0.3, 0.4) is 0 Å². The SMILES string of the molecule is NC(=O)c1cc(Br)c(Br)n1CC=Cc1c[nH]c(N)n1. The number of rotatable bonds is 4. The van der Waals surface area contributed by atoms with Gasteiger partial charge in [0.15, 0.2) is 5.95 Å². The first-order valence-corrected chi connectivity index (χ1v) is 6.89. The molecular formula is C11H11Br2N5O. The summed E-state index contributed by atoms with van der Waals surface area (Å²) in [5.74, 6) is -0.119.